The van der Waals surface area contributed by atoms with Crippen LogP contribution in [0.4, 0.5) is 5.69 Å². The summed E-state index contributed by atoms with van der Waals surface area (Å²) in [4.78, 5) is 46.7. The summed E-state index contributed by atoms with van der Waals surface area (Å²) < 4.78 is 12.6. The maximum absolute atomic E-state index is 15.1. The molecule has 9 heteroatoms. The van der Waals surface area contributed by atoms with Gasteiger partial charge in [-0.15, -0.1) is 13.2 Å². The predicted molar refractivity (Wildman–Crippen MR) is 174 cm³/mol. The smallest absolute Gasteiger partial charge is 0.312 e. The summed E-state index contributed by atoms with van der Waals surface area (Å²) in [5.74, 6) is -3.31. The molecule has 8 nitrogen and oxygen atoms in total. The summed E-state index contributed by atoms with van der Waals surface area (Å²) in [6.07, 6.45) is 5.38. The third-order valence-corrected chi connectivity index (χ3v) is 10.3. The lowest BCUT2D eigenvalue weighted by molar-refractivity contribution is -0.162. The van der Waals surface area contributed by atoms with Gasteiger partial charge in [0.25, 0.3) is 5.91 Å². The van der Waals surface area contributed by atoms with Gasteiger partial charge in [0, 0.05) is 6.54 Å². The van der Waals surface area contributed by atoms with Gasteiger partial charge in [0.05, 0.1) is 41.5 Å². The summed E-state index contributed by atoms with van der Waals surface area (Å²) in [7, 11) is 0. The Hall–Kier alpha value is -3.46. The highest BCUT2D eigenvalue weighted by Gasteiger charge is 2.80. The number of unbranched alkanes of at least 4 members (excludes halogenated alkanes) is 1. The van der Waals surface area contributed by atoms with Crippen LogP contribution in [0.25, 0.3) is 0 Å². The molecule has 3 heterocycles. The fraction of sp³-hybridized carbons (Fsp3) is 0.472. The standard InChI is InChI=1S/C36H43ClN2O6/c1-6-8-12-19-44-34(43)29-28-32(41)39(26(22-40)20-25-15-10-9-11-16-25)31(36(28)21-24(4)35(29,5)45-36)33(42)38(18-7-2)30-23(3)14-13-17-27(30)37/h6-7,9-11,13-17,24,26,28-29,31,40H,1-2,8,12,18-22H2,3-5H3/t24?,26-,28+,29+,31?,35-,36?/m1/s1. The van der Waals surface area contributed by atoms with E-state index in [9.17, 15) is 14.7 Å². The van der Waals surface area contributed by atoms with Gasteiger partial charge in [-0.05, 0) is 62.6 Å². The molecule has 1 N–H and O–H groups in total. The number of aliphatic hydroxyl groups is 1. The van der Waals surface area contributed by atoms with Crippen molar-refractivity contribution in [3.05, 3.63) is 90.0 Å². The van der Waals surface area contributed by atoms with Gasteiger partial charge in [0.1, 0.15) is 17.6 Å². The lowest BCUT2D eigenvalue weighted by atomic mass is 9.62. The van der Waals surface area contributed by atoms with E-state index in [-0.39, 0.29) is 31.6 Å². The number of likely N-dealkylation sites (tertiary alicyclic amines) is 1. The number of carbonyl (C=O) groups excluding carboxylic acids is 3. The second-order valence-electron chi connectivity index (χ2n) is 12.7. The molecule has 2 aromatic rings. The monoisotopic (exact) mass is 634 g/mol. The van der Waals surface area contributed by atoms with Crippen LogP contribution < -0.4 is 4.90 Å². The van der Waals surface area contributed by atoms with Crippen LogP contribution in [0.2, 0.25) is 5.02 Å². The summed E-state index contributed by atoms with van der Waals surface area (Å²) in [5.41, 5.74) is -0.128. The first kappa shape index (κ1) is 32.9. The molecule has 3 saturated heterocycles. The quantitative estimate of drug-likeness (QED) is 0.183. The average molecular weight is 635 g/mol. The maximum Gasteiger partial charge on any atom is 0.312 e. The Morgan fingerprint density at radius 2 is 1.93 bits per heavy atom. The van der Waals surface area contributed by atoms with E-state index in [1.54, 1.807) is 23.1 Å². The molecule has 3 unspecified atom stereocenters. The third-order valence-electron chi connectivity index (χ3n) is 9.99. The molecule has 5 rings (SSSR count). The maximum atomic E-state index is 15.1. The van der Waals surface area contributed by atoms with Crippen molar-refractivity contribution in [1.82, 2.24) is 4.90 Å². The molecule has 2 bridgehead atoms. The minimum absolute atomic E-state index is 0.132. The predicted octanol–water partition coefficient (Wildman–Crippen LogP) is 5.29. The Morgan fingerprint density at radius 1 is 1.20 bits per heavy atom. The number of para-hydroxylation sites is 1. The van der Waals surface area contributed by atoms with Crippen molar-refractivity contribution >= 4 is 35.1 Å². The fourth-order valence-corrected chi connectivity index (χ4v) is 8.19. The van der Waals surface area contributed by atoms with E-state index in [2.05, 4.69) is 13.2 Å². The summed E-state index contributed by atoms with van der Waals surface area (Å²) in [6, 6.07) is 13.0. The van der Waals surface area contributed by atoms with Gasteiger partial charge in [-0.2, -0.15) is 0 Å². The number of carbonyl (C=O) groups is 3. The first-order valence-electron chi connectivity index (χ1n) is 15.7. The van der Waals surface area contributed by atoms with E-state index in [1.165, 1.54) is 4.90 Å². The van der Waals surface area contributed by atoms with Crippen LogP contribution in [0.5, 0.6) is 0 Å². The molecular weight excluding hydrogens is 592 g/mol. The number of hydrogen-bond acceptors (Lipinski definition) is 6. The van der Waals surface area contributed by atoms with Crippen molar-refractivity contribution in [3.63, 3.8) is 0 Å². The number of hydrogen-bond donors (Lipinski definition) is 1. The zero-order valence-corrected chi connectivity index (χ0v) is 27.0. The van der Waals surface area contributed by atoms with Crippen LogP contribution in [0, 0.1) is 24.7 Å². The number of allylic oxidation sites excluding steroid dienone is 1. The lowest BCUT2D eigenvalue weighted by Crippen LogP contribution is -2.59. The third kappa shape index (κ3) is 5.51. The molecule has 7 atom stereocenters. The van der Waals surface area contributed by atoms with Crippen LogP contribution >= 0.6 is 11.6 Å². The Kier molecular flexibility index (Phi) is 9.59. The normalized spacial score (nSPS) is 28.9. The molecule has 3 aliphatic heterocycles. The molecule has 2 aromatic carbocycles. The number of nitrogens with zero attached hydrogens (tertiary/aromatic N) is 2. The Labute approximate surface area is 270 Å². The van der Waals surface area contributed by atoms with Gasteiger partial charge in [-0.25, -0.2) is 0 Å². The van der Waals surface area contributed by atoms with Gasteiger partial charge in [-0.1, -0.05) is 73.1 Å². The molecule has 0 aromatic heterocycles. The lowest BCUT2D eigenvalue weighted by Gasteiger charge is -2.40. The van der Waals surface area contributed by atoms with Gasteiger partial charge in [-0.3, -0.25) is 14.4 Å². The van der Waals surface area contributed by atoms with E-state index in [4.69, 9.17) is 21.1 Å². The van der Waals surface area contributed by atoms with Gasteiger partial charge in [0.15, 0.2) is 0 Å². The first-order chi connectivity index (χ1) is 21.5. The van der Waals surface area contributed by atoms with Crippen molar-refractivity contribution in [2.75, 3.05) is 24.7 Å². The van der Waals surface area contributed by atoms with Crippen LogP contribution in [0.1, 0.15) is 44.2 Å². The van der Waals surface area contributed by atoms with Gasteiger partial charge >= 0.3 is 5.97 Å². The zero-order chi connectivity index (χ0) is 32.5. The Morgan fingerprint density at radius 3 is 2.58 bits per heavy atom. The van der Waals surface area contributed by atoms with Crippen molar-refractivity contribution in [2.45, 2.75) is 69.7 Å². The number of aliphatic hydroxyl groups excluding tert-OH is 1. The van der Waals surface area contributed by atoms with Crippen molar-refractivity contribution in [1.29, 1.82) is 0 Å². The molecule has 1 spiro atoms. The van der Waals surface area contributed by atoms with Crippen LogP contribution in [-0.4, -0.2) is 70.8 Å². The number of esters is 1. The molecule has 2 amide bonds. The number of halogens is 1. The number of rotatable bonds is 13. The van der Waals surface area contributed by atoms with Crippen LogP contribution in [0.15, 0.2) is 73.8 Å². The van der Waals surface area contributed by atoms with E-state index >= 15 is 4.79 Å². The summed E-state index contributed by atoms with van der Waals surface area (Å²) in [5, 5.41) is 11.2. The van der Waals surface area contributed by atoms with Crippen molar-refractivity contribution < 1.29 is 29.0 Å². The van der Waals surface area contributed by atoms with Crippen LogP contribution in [0.3, 0.4) is 0 Å². The Balaban J connectivity index is 1.64. The number of benzene rings is 2. The number of fused-ring (bicyclic) bond motifs is 1. The average Bonchev–Trinajstić information content (AvgIpc) is 3.54. The number of aryl methyl sites for hydroxylation is 1. The second-order valence-corrected chi connectivity index (χ2v) is 13.1. The highest BCUT2D eigenvalue weighted by molar-refractivity contribution is 6.34. The van der Waals surface area contributed by atoms with E-state index in [0.717, 1.165) is 11.1 Å². The molecule has 0 radical (unpaired) electrons. The highest BCUT2D eigenvalue weighted by Crippen LogP contribution is 2.66. The van der Waals surface area contributed by atoms with Crippen molar-refractivity contribution in [2.24, 2.45) is 17.8 Å². The zero-order valence-electron chi connectivity index (χ0n) is 26.3. The molecule has 0 aliphatic carbocycles. The summed E-state index contributed by atoms with van der Waals surface area (Å²) in [6.45, 7) is 13.3. The number of anilines is 1. The highest BCUT2D eigenvalue weighted by atomic mass is 35.5. The second kappa shape index (κ2) is 13.1. The minimum Gasteiger partial charge on any atom is -0.465 e. The summed E-state index contributed by atoms with van der Waals surface area (Å²) >= 11 is 6.69. The minimum atomic E-state index is -1.31. The first-order valence-corrected chi connectivity index (χ1v) is 16.1. The van der Waals surface area contributed by atoms with Crippen LogP contribution in [-0.2, 0) is 30.3 Å². The molecule has 45 heavy (non-hydrogen) atoms. The topological polar surface area (TPSA) is 96.4 Å². The Bertz CT molecular complexity index is 1440. The van der Waals surface area contributed by atoms with Gasteiger partial charge < -0.3 is 24.4 Å². The SMILES string of the molecule is C=CCCCOC(=O)[C@@H]1[C@H]2C(=O)N([C@@H](CO)Cc3ccccc3)C(C(=O)N(CC=C)c3c(C)cccc3Cl)C23CC(C)[C@@]1(C)O3. The van der Waals surface area contributed by atoms with E-state index < -0.39 is 47.0 Å². The number of amides is 2. The molecule has 3 fully saturated rings. The molecule has 240 valence electrons. The fourth-order valence-electron chi connectivity index (χ4n) is 7.87. The molecule has 3 aliphatic rings. The number of ether oxygens (including phenoxy) is 2. The largest absolute Gasteiger partial charge is 0.465 e. The molecule has 0 saturated carbocycles. The van der Waals surface area contributed by atoms with Gasteiger partial charge in [0.2, 0.25) is 5.91 Å². The van der Waals surface area contributed by atoms with E-state index in [0.29, 0.717) is 36.4 Å². The van der Waals surface area contributed by atoms with E-state index in [1.807, 2.05) is 63.2 Å². The molecular formula is C36H43ClN2O6. The van der Waals surface area contributed by atoms with Crippen molar-refractivity contribution in [3.8, 4) is 0 Å².